The summed E-state index contributed by atoms with van der Waals surface area (Å²) in [5.41, 5.74) is -0.607. The van der Waals surface area contributed by atoms with Crippen LogP contribution in [0.5, 0.6) is 0 Å². The average Bonchev–Trinajstić information content (AvgIpc) is 3.09. The van der Waals surface area contributed by atoms with Crippen LogP contribution in [0.3, 0.4) is 0 Å². The van der Waals surface area contributed by atoms with E-state index in [2.05, 4.69) is 10.3 Å². The van der Waals surface area contributed by atoms with Crippen molar-refractivity contribution in [2.45, 2.75) is 72.6 Å². The lowest BCUT2D eigenvalue weighted by atomic mass is 9.86. The number of carbonyl (C=O) groups is 2. The topological polar surface area (TPSA) is 86.5 Å². The van der Waals surface area contributed by atoms with Crippen LogP contribution >= 0.6 is 0 Å². The van der Waals surface area contributed by atoms with Crippen LogP contribution in [0, 0.1) is 5.41 Å². The fourth-order valence-electron chi connectivity index (χ4n) is 2.63. The minimum absolute atomic E-state index is 0.0228. The van der Waals surface area contributed by atoms with Crippen LogP contribution in [-0.4, -0.2) is 50.6 Å². The van der Waals surface area contributed by atoms with Crippen molar-refractivity contribution in [2.24, 2.45) is 5.41 Å². The third kappa shape index (κ3) is 4.95. The van der Waals surface area contributed by atoms with Gasteiger partial charge in [-0.15, -0.1) is 5.10 Å². The smallest absolute Gasteiger partial charge is 0.410 e. The SMILES string of the molecule is CC(C)(C)OC(=O)N1CCC(C)(c2cn(COC(=O)C(C)(C)C)nn2)C1. The molecule has 2 rings (SSSR count). The summed E-state index contributed by atoms with van der Waals surface area (Å²) in [5, 5.41) is 8.27. The van der Waals surface area contributed by atoms with Crippen LogP contribution in [0.2, 0.25) is 0 Å². The zero-order chi connectivity index (χ0) is 19.8. The van der Waals surface area contributed by atoms with Gasteiger partial charge in [-0.25, -0.2) is 9.48 Å². The summed E-state index contributed by atoms with van der Waals surface area (Å²) >= 11 is 0. The maximum atomic E-state index is 12.3. The second kappa shape index (κ2) is 6.89. The number of carbonyl (C=O) groups excluding carboxylic acids is 2. The summed E-state index contributed by atoms with van der Waals surface area (Å²) < 4.78 is 12.2. The zero-order valence-electron chi connectivity index (χ0n) is 16.8. The van der Waals surface area contributed by atoms with Crippen LogP contribution in [-0.2, 0) is 26.4 Å². The molecule has 1 atom stereocenters. The highest BCUT2D eigenvalue weighted by molar-refractivity contribution is 5.75. The minimum Gasteiger partial charge on any atom is -0.444 e. The van der Waals surface area contributed by atoms with Crippen molar-refractivity contribution in [3.63, 3.8) is 0 Å². The number of rotatable bonds is 3. The molecular formula is C18H30N4O4. The summed E-state index contributed by atoms with van der Waals surface area (Å²) in [6, 6.07) is 0. The van der Waals surface area contributed by atoms with Crippen molar-refractivity contribution < 1.29 is 19.1 Å². The van der Waals surface area contributed by atoms with E-state index in [-0.39, 0.29) is 24.2 Å². The largest absolute Gasteiger partial charge is 0.444 e. The van der Waals surface area contributed by atoms with Gasteiger partial charge in [-0.3, -0.25) is 4.79 Å². The number of hydrogen-bond acceptors (Lipinski definition) is 6. The molecule has 0 aromatic carbocycles. The molecular weight excluding hydrogens is 336 g/mol. The van der Waals surface area contributed by atoms with Gasteiger partial charge in [0.25, 0.3) is 0 Å². The minimum atomic E-state index is -0.561. The van der Waals surface area contributed by atoms with Crippen molar-refractivity contribution in [1.82, 2.24) is 19.9 Å². The van der Waals surface area contributed by atoms with Crippen LogP contribution in [0.4, 0.5) is 4.79 Å². The van der Waals surface area contributed by atoms with Crippen molar-refractivity contribution in [1.29, 1.82) is 0 Å². The van der Waals surface area contributed by atoms with Gasteiger partial charge < -0.3 is 14.4 Å². The van der Waals surface area contributed by atoms with E-state index < -0.39 is 11.0 Å². The Morgan fingerprint density at radius 3 is 2.46 bits per heavy atom. The highest BCUT2D eigenvalue weighted by atomic mass is 16.6. The molecule has 0 radical (unpaired) electrons. The summed E-state index contributed by atoms with van der Waals surface area (Å²) in [7, 11) is 0. The van der Waals surface area contributed by atoms with Crippen molar-refractivity contribution >= 4 is 12.1 Å². The summed E-state index contributed by atoms with van der Waals surface area (Å²) in [6.45, 7) is 14.1. The molecule has 0 aliphatic carbocycles. The number of amides is 1. The van der Waals surface area contributed by atoms with E-state index in [0.717, 1.165) is 12.1 Å². The number of aromatic nitrogens is 3. The Bertz CT molecular complexity index is 671. The average molecular weight is 366 g/mol. The van der Waals surface area contributed by atoms with Crippen molar-refractivity contribution in [2.75, 3.05) is 13.1 Å². The molecule has 2 heterocycles. The van der Waals surface area contributed by atoms with Gasteiger partial charge in [0.05, 0.1) is 17.3 Å². The molecule has 26 heavy (non-hydrogen) atoms. The molecule has 1 amide bonds. The number of hydrogen-bond donors (Lipinski definition) is 0. The molecule has 1 aliphatic heterocycles. The first-order chi connectivity index (χ1) is 11.8. The summed E-state index contributed by atoms with van der Waals surface area (Å²) in [4.78, 5) is 25.8. The normalized spacial score (nSPS) is 21.0. The number of nitrogens with zero attached hydrogens (tertiary/aromatic N) is 4. The second-order valence-corrected chi connectivity index (χ2v) is 9.17. The van der Waals surface area contributed by atoms with E-state index in [9.17, 15) is 9.59 Å². The first-order valence-electron chi connectivity index (χ1n) is 8.86. The van der Waals surface area contributed by atoms with Gasteiger partial charge in [0.1, 0.15) is 5.60 Å². The van der Waals surface area contributed by atoms with Gasteiger partial charge in [-0.1, -0.05) is 12.1 Å². The zero-order valence-corrected chi connectivity index (χ0v) is 16.8. The van der Waals surface area contributed by atoms with E-state index in [4.69, 9.17) is 9.47 Å². The molecule has 0 spiro atoms. The van der Waals surface area contributed by atoms with E-state index in [1.165, 1.54) is 4.68 Å². The predicted molar refractivity (Wildman–Crippen MR) is 95.3 cm³/mol. The third-order valence-corrected chi connectivity index (χ3v) is 4.22. The van der Waals surface area contributed by atoms with Gasteiger partial charge in [-0.2, -0.15) is 0 Å². The van der Waals surface area contributed by atoms with Crippen LogP contribution < -0.4 is 0 Å². The second-order valence-electron chi connectivity index (χ2n) is 9.17. The Hall–Kier alpha value is -2.12. The Morgan fingerprint density at radius 2 is 1.88 bits per heavy atom. The van der Waals surface area contributed by atoms with E-state index in [0.29, 0.717) is 13.1 Å². The Kier molecular flexibility index (Phi) is 5.35. The molecule has 1 unspecified atom stereocenters. The molecule has 0 saturated carbocycles. The van der Waals surface area contributed by atoms with Gasteiger partial charge in [-0.05, 0) is 48.0 Å². The van der Waals surface area contributed by atoms with E-state index in [1.54, 1.807) is 31.9 Å². The maximum Gasteiger partial charge on any atom is 0.410 e. The molecule has 8 nitrogen and oxygen atoms in total. The van der Waals surface area contributed by atoms with Gasteiger partial charge in [0.15, 0.2) is 6.73 Å². The predicted octanol–water partition coefficient (Wildman–Crippen LogP) is 2.72. The maximum absolute atomic E-state index is 12.3. The van der Waals surface area contributed by atoms with E-state index >= 15 is 0 Å². The lowest BCUT2D eigenvalue weighted by molar-refractivity contribution is -0.157. The third-order valence-electron chi connectivity index (χ3n) is 4.22. The Labute approximate surface area is 154 Å². The highest BCUT2D eigenvalue weighted by Gasteiger charge is 2.41. The molecule has 1 aromatic heterocycles. The summed E-state index contributed by atoms with van der Waals surface area (Å²) in [6.07, 6.45) is 2.23. The molecule has 146 valence electrons. The quantitative estimate of drug-likeness (QED) is 0.765. The molecule has 1 fully saturated rings. The van der Waals surface area contributed by atoms with Crippen LogP contribution in [0.1, 0.15) is 60.6 Å². The number of ether oxygens (including phenoxy) is 2. The monoisotopic (exact) mass is 366 g/mol. The molecule has 0 bridgehead atoms. The first kappa shape index (κ1) is 20.2. The molecule has 1 aromatic rings. The van der Waals surface area contributed by atoms with E-state index in [1.807, 2.05) is 27.7 Å². The molecule has 1 saturated heterocycles. The van der Waals surface area contributed by atoms with Crippen LogP contribution in [0.25, 0.3) is 0 Å². The Balaban J connectivity index is 1.98. The first-order valence-corrected chi connectivity index (χ1v) is 8.86. The lowest BCUT2D eigenvalue weighted by Gasteiger charge is -2.26. The van der Waals surface area contributed by atoms with Gasteiger partial charge in [0, 0.05) is 18.5 Å². The summed E-state index contributed by atoms with van der Waals surface area (Å²) in [5.74, 6) is -0.294. The van der Waals surface area contributed by atoms with Gasteiger partial charge >= 0.3 is 12.1 Å². The highest BCUT2D eigenvalue weighted by Crippen LogP contribution is 2.33. The number of likely N-dealkylation sites (tertiary alicyclic amines) is 1. The van der Waals surface area contributed by atoms with Crippen molar-refractivity contribution in [3.05, 3.63) is 11.9 Å². The Morgan fingerprint density at radius 1 is 1.23 bits per heavy atom. The molecule has 0 N–H and O–H groups in total. The lowest BCUT2D eigenvalue weighted by Crippen LogP contribution is -2.37. The van der Waals surface area contributed by atoms with Crippen molar-refractivity contribution in [3.8, 4) is 0 Å². The van der Waals surface area contributed by atoms with Crippen LogP contribution in [0.15, 0.2) is 6.20 Å². The molecule has 1 aliphatic rings. The fraction of sp³-hybridized carbons (Fsp3) is 0.778. The fourth-order valence-corrected chi connectivity index (χ4v) is 2.63. The molecule has 8 heteroatoms. The van der Waals surface area contributed by atoms with Gasteiger partial charge in [0.2, 0.25) is 0 Å². The standard InChI is InChI=1S/C18H30N4O4/c1-16(2,3)14(23)25-12-22-10-13(19-20-22)18(7)8-9-21(11-18)15(24)26-17(4,5)6/h10H,8-9,11-12H2,1-7H3. The number of esters is 1.